The zero-order valence-corrected chi connectivity index (χ0v) is 13.9. The number of aryl methyl sites for hydroxylation is 1. The molecular weight excluding hydrogens is 331 g/mol. The first-order chi connectivity index (χ1) is 11.4. The van der Waals surface area contributed by atoms with E-state index in [9.17, 15) is 12.8 Å². The minimum atomic E-state index is -3.93. The Labute approximate surface area is 139 Å². The molecule has 0 fully saturated rings. The summed E-state index contributed by atoms with van der Waals surface area (Å²) in [5.41, 5.74) is 1.61. The van der Waals surface area contributed by atoms with Crippen molar-refractivity contribution in [1.29, 1.82) is 0 Å². The number of nitrogens with one attached hydrogen (secondary N) is 1. The number of rotatable bonds is 4. The molecule has 0 bridgehead atoms. The van der Waals surface area contributed by atoms with E-state index < -0.39 is 15.7 Å². The van der Waals surface area contributed by atoms with E-state index in [4.69, 9.17) is 4.42 Å². The van der Waals surface area contributed by atoms with Gasteiger partial charge in [0, 0.05) is 12.6 Å². The first-order valence-corrected chi connectivity index (χ1v) is 8.67. The molecule has 0 saturated carbocycles. The number of aromatic nitrogens is 1. The fourth-order valence-electron chi connectivity index (χ4n) is 2.30. The van der Waals surface area contributed by atoms with Crippen molar-refractivity contribution in [2.45, 2.75) is 16.8 Å². The Hall–Kier alpha value is -2.67. The lowest BCUT2D eigenvalue weighted by Gasteiger charge is -2.02. The molecule has 0 amide bonds. The van der Waals surface area contributed by atoms with Crippen LogP contribution in [0.4, 0.5) is 10.3 Å². The number of anilines is 1. The minimum absolute atomic E-state index is 0.0394. The Morgan fingerprint density at radius 2 is 1.75 bits per heavy atom. The average Bonchev–Trinajstić information content (AvgIpc) is 3.00. The number of hydrogen-bond acceptors (Lipinski definition) is 5. The third kappa shape index (κ3) is 2.78. The molecule has 1 N–H and O–H groups in total. The highest BCUT2D eigenvalue weighted by Crippen LogP contribution is 2.33. The predicted octanol–water partition coefficient (Wildman–Crippen LogP) is 3.66. The molecule has 5 nitrogen and oxygen atoms in total. The largest absolute Gasteiger partial charge is 0.419 e. The number of oxazole rings is 1. The maximum absolute atomic E-state index is 13.1. The van der Waals surface area contributed by atoms with Gasteiger partial charge in [-0.1, -0.05) is 18.2 Å². The van der Waals surface area contributed by atoms with Gasteiger partial charge < -0.3 is 9.73 Å². The van der Waals surface area contributed by atoms with Crippen LogP contribution in [0.1, 0.15) is 5.56 Å². The topological polar surface area (TPSA) is 72.2 Å². The second-order valence-corrected chi connectivity index (χ2v) is 7.04. The summed E-state index contributed by atoms with van der Waals surface area (Å²) in [7, 11) is -2.39. The third-order valence-electron chi connectivity index (χ3n) is 3.58. The lowest BCUT2D eigenvalue weighted by Crippen LogP contribution is -2.05. The molecule has 7 heteroatoms. The summed E-state index contributed by atoms with van der Waals surface area (Å²) in [5, 5.41) is 2.48. The van der Waals surface area contributed by atoms with Crippen molar-refractivity contribution in [2.24, 2.45) is 0 Å². The smallest absolute Gasteiger partial charge is 0.233 e. The van der Waals surface area contributed by atoms with E-state index in [-0.39, 0.29) is 21.7 Å². The molecule has 124 valence electrons. The van der Waals surface area contributed by atoms with Crippen molar-refractivity contribution in [3.8, 4) is 11.5 Å². The lowest BCUT2D eigenvalue weighted by molar-refractivity contribution is 0.579. The van der Waals surface area contributed by atoms with E-state index in [1.807, 2.05) is 25.1 Å². The number of hydrogen-bond donors (Lipinski definition) is 1. The van der Waals surface area contributed by atoms with Crippen LogP contribution in [0.25, 0.3) is 11.5 Å². The molecule has 2 aromatic carbocycles. The average molecular weight is 346 g/mol. The van der Waals surface area contributed by atoms with Crippen LogP contribution in [0.2, 0.25) is 0 Å². The van der Waals surface area contributed by atoms with Gasteiger partial charge in [-0.25, -0.2) is 12.8 Å². The van der Waals surface area contributed by atoms with Crippen LogP contribution in [-0.4, -0.2) is 20.4 Å². The standard InChI is InChI=1S/C17H15FN2O3S/c1-11-5-3-4-6-14(11)15-20-17(16(19-2)23-15)24(21,22)13-9-7-12(18)8-10-13/h3-10,19H,1-2H3. The summed E-state index contributed by atoms with van der Waals surface area (Å²) in [6.45, 7) is 1.88. The van der Waals surface area contributed by atoms with E-state index in [0.717, 1.165) is 17.7 Å². The fraction of sp³-hybridized carbons (Fsp3) is 0.118. The molecule has 24 heavy (non-hydrogen) atoms. The van der Waals surface area contributed by atoms with E-state index in [0.29, 0.717) is 5.56 Å². The highest BCUT2D eigenvalue weighted by molar-refractivity contribution is 7.91. The van der Waals surface area contributed by atoms with Crippen LogP contribution in [0.15, 0.2) is 62.9 Å². The molecule has 3 aromatic rings. The summed E-state index contributed by atoms with van der Waals surface area (Å²) in [5.74, 6) is -0.265. The molecule has 0 saturated heterocycles. The van der Waals surface area contributed by atoms with E-state index in [1.165, 1.54) is 12.1 Å². The number of nitrogens with zero attached hydrogens (tertiary/aromatic N) is 1. The summed E-state index contributed by atoms with van der Waals surface area (Å²) in [4.78, 5) is 4.12. The Morgan fingerprint density at radius 3 is 2.38 bits per heavy atom. The molecule has 1 heterocycles. The molecule has 0 atom stereocenters. The van der Waals surface area contributed by atoms with Crippen molar-refractivity contribution >= 4 is 15.7 Å². The van der Waals surface area contributed by atoms with Gasteiger partial charge >= 0.3 is 0 Å². The summed E-state index contributed by atoms with van der Waals surface area (Å²) in [6, 6.07) is 12.0. The summed E-state index contributed by atoms with van der Waals surface area (Å²) in [6.07, 6.45) is 0. The normalized spacial score (nSPS) is 11.5. The molecule has 0 aliphatic rings. The van der Waals surface area contributed by atoms with Gasteiger partial charge in [-0.15, -0.1) is 0 Å². The van der Waals surface area contributed by atoms with Crippen LogP contribution in [0.5, 0.6) is 0 Å². The second kappa shape index (κ2) is 6.09. The minimum Gasteiger partial charge on any atom is -0.419 e. The van der Waals surface area contributed by atoms with Gasteiger partial charge in [-0.05, 0) is 42.8 Å². The molecule has 0 aliphatic heterocycles. The molecule has 0 unspecified atom stereocenters. The van der Waals surface area contributed by atoms with E-state index in [2.05, 4.69) is 10.3 Å². The fourth-order valence-corrected chi connectivity index (χ4v) is 3.61. The van der Waals surface area contributed by atoms with E-state index in [1.54, 1.807) is 13.1 Å². The van der Waals surface area contributed by atoms with E-state index >= 15 is 0 Å². The van der Waals surface area contributed by atoms with Crippen molar-refractivity contribution in [3.05, 3.63) is 59.9 Å². The zero-order chi connectivity index (χ0) is 17.3. The van der Waals surface area contributed by atoms with Crippen LogP contribution < -0.4 is 5.32 Å². The van der Waals surface area contributed by atoms with Crippen molar-refractivity contribution < 1.29 is 17.2 Å². The molecule has 0 aliphatic carbocycles. The zero-order valence-electron chi connectivity index (χ0n) is 13.1. The first-order valence-electron chi connectivity index (χ1n) is 7.18. The highest BCUT2D eigenvalue weighted by atomic mass is 32.2. The Bertz CT molecular complexity index is 979. The van der Waals surface area contributed by atoms with Gasteiger partial charge in [0.2, 0.25) is 26.6 Å². The van der Waals surface area contributed by atoms with Gasteiger partial charge in [0.05, 0.1) is 4.90 Å². The van der Waals surface area contributed by atoms with Crippen LogP contribution >= 0.6 is 0 Å². The quantitative estimate of drug-likeness (QED) is 0.730. The monoisotopic (exact) mass is 346 g/mol. The number of halogens is 1. The maximum Gasteiger partial charge on any atom is 0.233 e. The van der Waals surface area contributed by atoms with Crippen molar-refractivity contribution in [1.82, 2.24) is 4.98 Å². The lowest BCUT2D eigenvalue weighted by atomic mass is 10.1. The molecular formula is C17H15FN2O3S. The first kappa shape index (κ1) is 16.2. The summed E-state index contributed by atoms with van der Waals surface area (Å²) >= 11 is 0. The Balaban J connectivity index is 2.15. The maximum atomic E-state index is 13.1. The molecule has 0 radical (unpaired) electrons. The van der Waals surface area contributed by atoms with Crippen LogP contribution in [-0.2, 0) is 9.84 Å². The SMILES string of the molecule is CNc1oc(-c2ccccc2C)nc1S(=O)(=O)c1ccc(F)cc1. The Kier molecular flexibility index (Phi) is 4.11. The van der Waals surface area contributed by atoms with Crippen molar-refractivity contribution in [2.75, 3.05) is 12.4 Å². The number of sulfone groups is 1. The number of benzene rings is 2. The van der Waals surface area contributed by atoms with Crippen LogP contribution in [0, 0.1) is 12.7 Å². The Morgan fingerprint density at radius 1 is 1.08 bits per heavy atom. The van der Waals surface area contributed by atoms with Crippen molar-refractivity contribution in [3.63, 3.8) is 0 Å². The predicted molar refractivity (Wildman–Crippen MR) is 88.1 cm³/mol. The van der Waals surface area contributed by atoms with Gasteiger partial charge in [0.1, 0.15) is 5.82 Å². The van der Waals surface area contributed by atoms with Gasteiger partial charge in [0.15, 0.2) is 0 Å². The summed E-state index contributed by atoms with van der Waals surface area (Å²) < 4.78 is 44.2. The molecule has 3 rings (SSSR count). The van der Waals surface area contributed by atoms with Gasteiger partial charge in [-0.2, -0.15) is 4.98 Å². The van der Waals surface area contributed by atoms with Crippen LogP contribution in [0.3, 0.4) is 0 Å². The molecule has 1 aromatic heterocycles. The highest BCUT2D eigenvalue weighted by Gasteiger charge is 2.28. The molecule has 0 spiro atoms. The van der Waals surface area contributed by atoms with Gasteiger partial charge in [-0.3, -0.25) is 0 Å². The second-order valence-electron chi connectivity index (χ2n) is 5.18. The van der Waals surface area contributed by atoms with Gasteiger partial charge in [0.25, 0.3) is 0 Å². The third-order valence-corrected chi connectivity index (χ3v) is 5.26.